The summed E-state index contributed by atoms with van der Waals surface area (Å²) in [6.07, 6.45) is 0. The van der Waals surface area contributed by atoms with Gasteiger partial charge in [-0.1, -0.05) is 6.07 Å². The van der Waals surface area contributed by atoms with Crippen molar-refractivity contribution in [2.24, 2.45) is 0 Å². The number of carbonyl (C=O) groups is 1. The number of hydrogen-bond donors (Lipinski definition) is 2. The summed E-state index contributed by atoms with van der Waals surface area (Å²) >= 11 is 1.72. The van der Waals surface area contributed by atoms with Gasteiger partial charge < -0.3 is 10.6 Å². The second-order valence-corrected chi connectivity index (χ2v) is 6.54. The quantitative estimate of drug-likeness (QED) is 0.865. The monoisotopic (exact) mass is 302 g/mol. The van der Waals surface area contributed by atoms with Gasteiger partial charge in [0.05, 0.1) is 11.6 Å². The Hall–Kier alpha value is -1.81. The van der Waals surface area contributed by atoms with Gasteiger partial charge in [0.15, 0.2) is 0 Å². The summed E-state index contributed by atoms with van der Waals surface area (Å²) in [7, 11) is 0. The first-order chi connectivity index (χ1) is 10.0. The minimum Gasteiger partial charge on any atom is -0.385 e. The highest BCUT2D eigenvalue weighted by molar-refractivity contribution is 7.12. The summed E-state index contributed by atoms with van der Waals surface area (Å²) in [5, 5.41) is 6.33. The van der Waals surface area contributed by atoms with Gasteiger partial charge in [0.1, 0.15) is 0 Å². The molecule has 0 aliphatic carbocycles. The lowest BCUT2D eigenvalue weighted by atomic mass is 10.1. The minimum absolute atomic E-state index is 0.0204. The van der Waals surface area contributed by atoms with E-state index in [0.717, 1.165) is 17.8 Å². The SMILES string of the molecule is CCNc1cc(C)ccc1C(=O)NC(C)c1ccc(C)s1. The lowest BCUT2D eigenvalue weighted by molar-refractivity contribution is 0.0941. The third-order valence-corrected chi connectivity index (χ3v) is 4.51. The molecular weight excluding hydrogens is 280 g/mol. The number of nitrogens with one attached hydrogen (secondary N) is 2. The molecule has 0 bridgehead atoms. The van der Waals surface area contributed by atoms with Gasteiger partial charge in [-0.05, 0) is 57.5 Å². The van der Waals surface area contributed by atoms with Gasteiger partial charge in [-0.2, -0.15) is 0 Å². The number of carbonyl (C=O) groups excluding carboxylic acids is 1. The molecule has 1 heterocycles. The van der Waals surface area contributed by atoms with Gasteiger partial charge in [-0.25, -0.2) is 0 Å². The molecule has 1 aromatic carbocycles. The molecule has 21 heavy (non-hydrogen) atoms. The van der Waals surface area contributed by atoms with E-state index in [1.807, 2.05) is 39.0 Å². The van der Waals surface area contributed by atoms with Crippen LogP contribution in [-0.2, 0) is 0 Å². The summed E-state index contributed by atoms with van der Waals surface area (Å²) in [5.74, 6) is -0.0375. The molecule has 0 fully saturated rings. The third kappa shape index (κ3) is 3.85. The molecule has 4 heteroatoms. The second kappa shape index (κ2) is 6.76. The highest BCUT2D eigenvalue weighted by atomic mass is 32.1. The van der Waals surface area contributed by atoms with Gasteiger partial charge >= 0.3 is 0 Å². The van der Waals surface area contributed by atoms with Crippen molar-refractivity contribution in [2.75, 3.05) is 11.9 Å². The molecule has 112 valence electrons. The van der Waals surface area contributed by atoms with Crippen LogP contribution in [-0.4, -0.2) is 12.5 Å². The van der Waals surface area contributed by atoms with E-state index in [1.165, 1.54) is 9.75 Å². The van der Waals surface area contributed by atoms with Gasteiger partial charge in [0.2, 0.25) is 0 Å². The van der Waals surface area contributed by atoms with E-state index in [9.17, 15) is 4.79 Å². The fraction of sp³-hybridized carbons (Fsp3) is 0.353. The molecule has 1 unspecified atom stereocenters. The summed E-state index contributed by atoms with van der Waals surface area (Å²) in [4.78, 5) is 14.9. The van der Waals surface area contributed by atoms with Crippen LogP contribution in [0, 0.1) is 13.8 Å². The lowest BCUT2D eigenvalue weighted by Gasteiger charge is -2.15. The summed E-state index contributed by atoms with van der Waals surface area (Å²) in [5.41, 5.74) is 2.73. The van der Waals surface area contributed by atoms with Crippen LogP contribution in [0.3, 0.4) is 0 Å². The van der Waals surface area contributed by atoms with Gasteiger partial charge in [0, 0.05) is 22.0 Å². The van der Waals surface area contributed by atoms with E-state index < -0.39 is 0 Å². The molecule has 1 atom stereocenters. The van der Waals surface area contributed by atoms with Crippen molar-refractivity contribution in [3.8, 4) is 0 Å². The maximum Gasteiger partial charge on any atom is 0.253 e. The van der Waals surface area contributed by atoms with Crippen molar-refractivity contribution < 1.29 is 4.79 Å². The van der Waals surface area contributed by atoms with Crippen LogP contribution in [0.25, 0.3) is 0 Å². The zero-order chi connectivity index (χ0) is 15.4. The minimum atomic E-state index is -0.0375. The van der Waals surface area contributed by atoms with E-state index in [2.05, 4.69) is 29.7 Å². The number of amides is 1. The Morgan fingerprint density at radius 2 is 2.00 bits per heavy atom. The van der Waals surface area contributed by atoms with Gasteiger partial charge in [-0.15, -0.1) is 11.3 Å². The first-order valence-corrected chi connectivity index (χ1v) is 8.04. The van der Waals surface area contributed by atoms with E-state index in [-0.39, 0.29) is 11.9 Å². The molecule has 3 nitrogen and oxygen atoms in total. The Balaban J connectivity index is 2.16. The summed E-state index contributed by atoms with van der Waals surface area (Å²) in [6, 6.07) is 10.0. The fourth-order valence-electron chi connectivity index (χ4n) is 2.22. The Morgan fingerprint density at radius 3 is 2.62 bits per heavy atom. The highest BCUT2D eigenvalue weighted by Crippen LogP contribution is 2.24. The van der Waals surface area contributed by atoms with Crippen molar-refractivity contribution in [1.29, 1.82) is 0 Å². The lowest BCUT2D eigenvalue weighted by Crippen LogP contribution is -2.27. The normalized spacial score (nSPS) is 12.0. The molecule has 2 N–H and O–H groups in total. The van der Waals surface area contributed by atoms with Crippen molar-refractivity contribution in [2.45, 2.75) is 33.7 Å². The zero-order valence-electron chi connectivity index (χ0n) is 13.0. The summed E-state index contributed by atoms with van der Waals surface area (Å²) in [6.45, 7) is 8.94. The average molecular weight is 302 g/mol. The Labute approximate surface area is 130 Å². The topological polar surface area (TPSA) is 41.1 Å². The molecule has 0 aliphatic heterocycles. The van der Waals surface area contributed by atoms with E-state index in [0.29, 0.717) is 5.56 Å². The second-order valence-electron chi connectivity index (χ2n) is 5.22. The molecule has 2 rings (SSSR count). The standard InChI is InChI=1S/C17H22N2OS/c1-5-18-15-10-11(2)6-8-14(15)17(20)19-13(4)16-9-7-12(3)21-16/h6-10,13,18H,5H2,1-4H3,(H,19,20). The number of anilines is 1. The summed E-state index contributed by atoms with van der Waals surface area (Å²) < 4.78 is 0. The van der Waals surface area contributed by atoms with E-state index in [4.69, 9.17) is 0 Å². The molecule has 0 radical (unpaired) electrons. The number of rotatable bonds is 5. The van der Waals surface area contributed by atoms with Crippen LogP contribution in [0.1, 0.15) is 45.6 Å². The van der Waals surface area contributed by atoms with Crippen LogP contribution >= 0.6 is 11.3 Å². The maximum atomic E-state index is 12.5. The molecular formula is C17H22N2OS. The predicted octanol–water partition coefficient (Wildman–Crippen LogP) is 4.29. The third-order valence-electron chi connectivity index (χ3n) is 3.32. The van der Waals surface area contributed by atoms with Gasteiger partial charge in [0.25, 0.3) is 5.91 Å². The van der Waals surface area contributed by atoms with E-state index >= 15 is 0 Å². The van der Waals surface area contributed by atoms with Crippen LogP contribution in [0.2, 0.25) is 0 Å². The van der Waals surface area contributed by atoms with Crippen LogP contribution in [0.15, 0.2) is 30.3 Å². The van der Waals surface area contributed by atoms with Crippen LogP contribution in [0.4, 0.5) is 5.69 Å². The molecule has 0 aliphatic rings. The molecule has 1 aromatic heterocycles. The maximum absolute atomic E-state index is 12.5. The Bertz CT molecular complexity index is 633. The number of benzene rings is 1. The van der Waals surface area contributed by atoms with Crippen LogP contribution < -0.4 is 10.6 Å². The molecule has 0 saturated heterocycles. The number of hydrogen-bond acceptors (Lipinski definition) is 3. The Kier molecular flexibility index (Phi) is 5.02. The van der Waals surface area contributed by atoms with E-state index in [1.54, 1.807) is 11.3 Å². The largest absolute Gasteiger partial charge is 0.385 e. The van der Waals surface area contributed by atoms with Crippen molar-refractivity contribution >= 4 is 22.9 Å². The molecule has 2 aromatic rings. The van der Waals surface area contributed by atoms with Crippen molar-refractivity contribution in [3.05, 3.63) is 51.2 Å². The fourth-order valence-corrected chi connectivity index (χ4v) is 3.10. The number of thiophene rings is 1. The zero-order valence-corrected chi connectivity index (χ0v) is 13.8. The molecule has 1 amide bonds. The Morgan fingerprint density at radius 1 is 1.24 bits per heavy atom. The average Bonchev–Trinajstić information content (AvgIpc) is 2.86. The van der Waals surface area contributed by atoms with Gasteiger partial charge in [-0.3, -0.25) is 4.79 Å². The van der Waals surface area contributed by atoms with Crippen LogP contribution in [0.5, 0.6) is 0 Å². The smallest absolute Gasteiger partial charge is 0.253 e. The number of aryl methyl sites for hydroxylation is 2. The first kappa shape index (κ1) is 15.6. The predicted molar refractivity (Wildman–Crippen MR) is 90.3 cm³/mol. The highest BCUT2D eigenvalue weighted by Gasteiger charge is 2.15. The molecule has 0 saturated carbocycles. The molecule has 0 spiro atoms. The van der Waals surface area contributed by atoms with Crippen molar-refractivity contribution in [3.63, 3.8) is 0 Å². The first-order valence-electron chi connectivity index (χ1n) is 7.23. The van der Waals surface area contributed by atoms with Crippen molar-refractivity contribution in [1.82, 2.24) is 5.32 Å².